The van der Waals surface area contributed by atoms with Crippen molar-refractivity contribution < 1.29 is 9.47 Å². The van der Waals surface area contributed by atoms with Gasteiger partial charge in [-0.1, -0.05) is 12.1 Å². The van der Waals surface area contributed by atoms with E-state index in [4.69, 9.17) is 9.47 Å². The molecule has 0 aliphatic carbocycles. The van der Waals surface area contributed by atoms with E-state index in [0.29, 0.717) is 19.2 Å². The normalized spacial score (nSPS) is 14.5. The molecule has 0 amide bonds. The first-order valence-corrected chi connectivity index (χ1v) is 7.95. The van der Waals surface area contributed by atoms with Crippen LogP contribution in [0.1, 0.15) is 18.9 Å². The summed E-state index contributed by atoms with van der Waals surface area (Å²) in [6.07, 6.45) is 0.894. The molecular formula is C18H18N4O2. The van der Waals surface area contributed by atoms with Crippen LogP contribution in [0, 0.1) is 0 Å². The van der Waals surface area contributed by atoms with Crippen molar-refractivity contribution in [1.82, 2.24) is 9.97 Å². The van der Waals surface area contributed by atoms with Gasteiger partial charge in [-0.2, -0.15) is 5.10 Å². The van der Waals surface area contributed by atoms with E-state index in [1.165, 1.54) is 0 Å². The molecule has 1 aromatic heterocycles. The summed E-state index contributed by atoms with van der Waals surface area (Å²) in [5.74, 6) is 2.17. The van der Waals surface area contributed by atoms with Gasteiger partial charge in [-0.15, -0.1) is 0 Å². The van der Waals surface area contributed by atoms with Crippen molar-refractivity contribution in [1.29, 1.82) is 0 Å². The number of fused-ring (bicyclic) bond motifs is 2. The van der Waals surface area contributed by atoms with Gasteiger partial charge in [0.1, 0.15) is 0 Å². The zero-order valence-electron chi connectivity index (χ0n) is 13.4. The van der Waals surface area contributed by atoms with Gasteiger partial charge in [-0.3, -0.25) is 0 Å². The van der Waals surface area contributed by atoms with E-state index in [2.05, 4.69) is 20.5 Å². The molecule has 0 fully saturated rings. The van der Waals surface area contributed by atoms with E-state index in [0.717, 1.165) is 40.2 Å². The van der Waals surface area contributed by atoms with Gasteiger partial charge < -0.3 is 14.5 Å². The summed E-state index contributed by atoms with van der Waals surface area (Å²) < 4.78 is 11.4. The number of rotatable bonds is 3. The summed E-state index contributed by atoms with van der Waals surface area (Å²) >= 11 is 0. The topological polar surface area (TPSA) is 71.5 Å². The Morgan fingerprint density at radius 3 is 2.83 bits per heavy atom. The van der Waals surface area contributed by atoms with Crippen LogP contribution in [0.2, 0.25) is 0 Å². The van der Waals surface area contributed by atoms with E-state index in [9.17, 15) is 0 Å². The Morgan fingerprint density at radius 1 is 1.12 bits per heavy atom. The van der Waals surface area contributed by atoms with Crippen molar-refractivity contribution in [2.45, 2.75) is 13.3 Å². The highest BCUT2D eigenvalue weighted by atomic mass is 16.5. The second-order valence-electron chi connectivity index (χ2n) is 5.62. The first kappa shape index (κ1) is 14.6. The Kier molecular flexibility index (Phi) is 3.78. The number of imidazole rings is 1. The van der Waals surface area contributed by atoms with Gasteiger partial charge in [0.25, 0.3) is 0 Å². The van der Waals surface area contributed by atoms with Crippen molar-refractivity contribution in [3.8, 4) is 11.5 Å². The SMILES string of the molecule is C/C(=N/Nc1nc2ccccc2[nH]1)c1ccc2c(c1)OCCCO2. The summed E-state index contributed by atoms with van der Waals surface area (Å²) in [5, 5.41) is 4.41. The number of benzene rings is 2. The van der Waals surface area contributed by atoms with Crippen molar-refractivity contribution in [3.63, 3.8) is 0 Å². The number of hydrogen-bond donors (Lipinski definition) is 2. The van der Waals surface area contributed by atoms with E-state index in [-0.39, 0.29) is 0 Å². The monoisotopic (exact) mass is 322 g/mol. The highest BCUT2D eigenvalue weighted by Gasteiger charge is 2.11. The summed E-state index contributed by atoms with van der Waals surface area (Å²) in [6.45, 7) is 3.30. The number of hydrogen-bond acceptors (Lipinski definition) is 5. The lowest BCUT2D eigenvalue weighted by Crippen LogP contribution is -2.02. The van der Waals surface area contributed by atoms with Gasteiger partial charge in [-0.05, 0) is 37.3 Å². The molecule has 2 heterocycles. The fourth-order valence-electron chi connectivity index (χ4n) is 2.60. The molecule has 3 aromatic rings. The molecule has 1 aliphatic heterocycles. The van der Waals surface area contributed by atoms with Crippen LogP contribution in [0.15, 0.2) is 47.6 Å². The average Bonchev–Trinajstić information content (AvgIpc) is 2.88. The third-order valence-corrected chi connectivity index (χ3v) is 3.88. The smallest absolute Gasteiger partial charge is 0.222 e. The maximum atomic E-state index is 5.72. The van der Waals surface area contributed by atoms with Crippen LogP contribution >= 0.6 is 0 Å². The van der Waals surface area contributed by atoms with Crippen LogP contribution in [-0.4, -0.2) is 28.9 Å². The van der Waals surface area contributed by atoms with Crippen molar-refractivity contribution >= 4 is 22.7 Å². The van der Waals surface area contributed by atoms with Crippen LogP contribution < -0.4 is 14.9 Å². The number of para-hydroxylation sites is 2. The lowest BCUT2D eigenvalue weighted by atomic mass is 10.1. The Bertz CT molecular complexity index is 868. The number of hydrazone groups is 1. The fourth-order valence-corrected chi connectivity index (χ4v) is 2.60. The van der Waals surface area contributed by atoms with Crippen LogP contribution in [0.4, 0.5) is 5.95 Å². The number of nitrogens with one attached hydrogen (secondary N) is 2. The average molecular weight is 322 g/mol. The third-order valence-electron chi connectivity index (χ3n) is 3.88. The number of aromatic amines is 1. The number of anilines is 1. The highest BCUT2D eigenvalue weighted by molar-refractivity contribution is 5.99. The Labute approximate surface area is 139 Å². The van der Waals surface area contributed by atoms with Crippen molar-refractivity contribution in [2.24, 2.45) is 5.10 Å². The first-order valence-electron chi connectivity index (χ1n) is 7.95. The van der Waals surface area contributed by atoms with Crippen molar-refractivity contribution in [2.75, 3.05) is 18.6 Å². The number of aromatic nitrogens is 2. The highest BCUT2D eigenvalue weighted by Crippen LogP contribution is 2.30. The maximum absolute atomic E-state index is 5.72. The second kappa shape index (κ2) is 6.23. The van der Waals surface area contributed by atoms with Gasteiger partial charge >= 0.3 is 0 Å². The molecule has 1 aliphatic rings. The van der Waals surface area contributed by atoms with E-state index >= 15 is 0 Å². The molecule has 0 saturated heterocycles. The standard InChI is InChI=1S/C18H18N4O2/c1-12(13-7-8-16-17(11-13)24-10-4-9-23-16)21-22-18-19-14-5-2-3-6-15(14)20-18/h2-3,5-8,11H,4,9-10H2,1H3,(H2,19,20,22)/b21-12-. The maximum Gasteiger partial charge on any atom is 0.222 e. The first-order chi connectivity index (χ1) is 11.8. The number of H-pyrrole nitrogens is 1. The minimum absolute atomic E-state index is 0.616. The molecule has 122 valence electrons. The summed E-state index contributed by atoms with van der Waals surface area (Å²) in [5.41, 5.74) is 6.67. The van der Waals surface area contributed by atoms with Crippen LogP contribution in [-0.2, 0) is 0 Å². The number of nitrogens with zero attached hydrogens (tertiary/aromatic N) is 2. The Hall–Kier alpha value is -3.02. The Morgan fingerprint density at radius 2 is 1.96 bits per heavy atom. The number of ether oxygens (including phenoxy) is 2. The van der Waals surface area contributed by atoms with Crippen LogP contribution in [0.25, 0.3) is 11.0 Å². The van der Waals surface area contributed by atoms with Crippen LogP contribution in [0.5, 0.6) is 11.5 Å². The lowest BCUT2D eigenvalue weighted by molar-refractivity contribution is 0.297. The largest absolute Gasteiger partial charge is 0.490 e. The zero-order valence-corrected chi connectivity index (χ0v) is 13.4. The van der Waals surface area contributed by atoms with Gasteiger partial charge in [0, 0.05) is 12.0 Å². The molecule has 6 nitrogen and oxygen atoms in total. The van der Waals surface area contributed by atoms with Gasteiger partial charge in [0.2, 0.25) is 5.95 Å². The molecule has 0 bridgehead atoms. The molecule has 0 saturated carbocycles. The van der Waals surface area contributed by atoms with Gasteiger partial charge in [0.15, 0.2) is 11.5 Å². The van der Waals surface area contributed by atoms with E-state index < -0.39 is 0 Å². The molecule has 0 unspecified atom stereocenters. The minimum atomic E-state index is 0.616. The second-order valence-corrected chi connectivity index (χ2v) is 5.62. The van der Waals surface area contributed by atoms with E-state index in [1.807, 2.05) is 49.4 Å². The van der Waals surface area contributed by atoms with Gasteiger partial charge in [0.05, 0.1) is 30.0 Å². The summed E-state index contributed by atoms with van der Waals surface area (Å²) in [4.78, 5) is 7.63. The molecule has 24 heavy (non-hydrogen) atoms. The molecule has 0 atom stereocenters. The quantitative estimate of drug-likeness (QED) is 0.571. The van der Waals surface area contributed by atoms with Gasteiger partial charge in [-0.25, -0.2) is 10.4 Å². The van der Waals surface area contributed by atoms with E-state index in [1.54, 1.807) is 0 Å². The zero-order chi connectivity index (χ0) is 16.4. The molecule has 6 heteroatoms. The molecule has 2 aromatic carbocycles. The molecule has 4 rings (SSSR count). The summed E-state index contributed by atoms with van der Waals surface area (Å²) in [7, 11) is 0. The predicted octanol–water partition coefficient (Wildman–Crippen LogP) is 3.56. The third kappa shape index (κ3) is 2.90. The fraction of sp³-hybridized carbons (Fsp3) is 0.222. The predicted molar refractivity (Wildman–Crippen MR) is 94.0 cm³/mol. The lowest BCUT2D eigenvalue weighted by Gasteiger charge is -2.09. The molecule has 2 N–H and O–H groups in total. The Balaban J connectivity index is 1.55. The molecule has 0 spiro atoms. The minimum Gasteiger partial charge on any atom is -0.490 e. The van der Waals surface area contributed by atoms with Crippen LogP contribution in [0.3, 0.4) is 0 Å². The summed E-state index contributed by atoms with van der Waals surface area (Å²) in [6, 6.07) is 13.7. The molecular weight excluding hydrogens is 304 g/mol. The van der Waals surface area contributed by atoms with Crippen molar-refractivity contribution in [3.05, 3.63) is 48.0 Å². The molecule has 0 radical (unpaired) electrons.